The summed E-state index contributed by atoms with van der Waals surface area (Å²) in [5.41, 5.74) is 0.0413. The molecule has 0 heterocycles. The fourth-order valence-electron chi connectivity index (χ4n) is 1.58. The highest BCUT2D eigenvalue weighted by Gasteiger charge is 2.17. The SMILES string of the molecule is COC(C)(C)CCC(C)CCNCC(C)C. The Hall–Kier alpha value is -0.0800. The van der Waals surface area contributed by atoms with Gasteiger partial charge in [-0.25, -0.2) is 0 Å². The molecular weight excluding hydrogens is 198 g/mol. The van der Waals surface area contributed by atoms with Crippen LogP contribution in [0.2, 0.25) is 0 Å². The highest BCUT2D eigenvalue weighted by molar-refractivity contribution is 4.69. The maximum absolute atomic E-state index is 5.43. The molecule has 0 amide bonds. The van der Waals surface area contributed by atoms with E-state index >= 15 is 0 Å². The summed E-state index contributed by atoms with van der Waals surface area (Å²) in [5, 5.41) is 3.50. The molecule has 0 aliphatic carbocycles. The van der Waals surface area contributed by atoms with Gasteiger partial charge in [0.1, 0.15) is 0 Å². The van der Waals surface area contributed by atoms with E-state index in [1.54, 1.807) is 7.11 Å². The van der Waals surface area contributed by atoms with Crippen LogP contribution in [-0.2, 0) is 4.74 Å². The smallest absolute Gasteiger partial charge is 0.0622 e. The van der Waals surface area contributed by atoms with Gasteiger partial charge in [0.25, 0.3) is 0 Å². The van der Waals surface area contributed by atoms with Crippen molar-refractivity contribution >= 4 is 0 Å². The van der Waals surface area contributed by atoms with Gasteiger partial charge in [0.15, 0.2) is 0 Å². The van der Waals surface area contributed by atoms with Crippen LogP contribution in [0.4, 0.5) is 0 Å². The van der Waals surface area contributed by atoms with Crippen molar-refractivity contribution in [3.8, 4) is 0 Å². The van der Waals surface area contributed by atoms with Crippen LogP contribution >= 0.6 is 0 Å². The van der Waals surface area contributed by atoms with Gasteiger partial charge in [0.2, 0.25) is 0 Å². The minimum Gasteiger partial charge on any atom is -0.379 e. The molecule has 0 aromatic carbocycles. The third kappa shape index (κ3) is 9.17. The van der Waals surface area contributed by atoms with E-state index in [4.69, 9.17) is 4.74 Å². The van der Waals surface area contributed by atoms with E-state index in [1.807, 2.05) is 0 Å². The molecule has 0 aliphatic heterocycles. The van der Waals surface area contributed by atoms with Gasteiger partial charge in [-0.2, -0.15) is 0 Å². The summed E-state index contributed by atoms with van der Waals surface area (Å²) in [4.78, 5) is 0. The predicted octanol–water partition coefficient (Wildman–Crippen LogP) is 3.46. The summed E-state index contributed by atoms with van der Waals surface area (Å²) < 4.78 is 5.43. The Bertz CT molecular complexity index is 166. The van der Waals surface area contributed by atoms with Crippen molar-refractivity contribution in [1.29, 1.82) is 0 Å². The number of hydrogen-bond acceptors (Lipinski definition) is 2. The molecule has 2 nitrogen and oxygen atoms in total. The second-order valence-electron chi connectivity index (χ2n) is 5.99. The second-order valence-corrected chi connectivity index (χ2v) is 5.99. The molecular formula is C14H31NO. The van der Waals surface area contributed by atoms with Crippen molar-refractivity contribution in [3.05, 3.63) is 0 Å². The molecule has 0 bridgehead atoms. The van der Waals surface area contributed by atoms with E-state index in [0.29, 0.717) is 0 Å². The van der Waals surface area contributed by atoms with Crippen molar-refractivity contribution in [2.45, 2.75) is 59.5 Å². The Morgan fingerprint density at radius 1 is 1.12 bits per heavy atom. The molecule has 0 aliphatic rings. The van der Waals surface area contributed by atoms with E-state index in [9.17, 15) is 0 Å². The van der Waals surface area contributed by atoms with E-state index in [2.05, 4.69) is 39.9 Å². The zero-order valence-corrected chi connectivity index (χ0v) is 12.1. The van der Waals surface area contributed by atoms with E-state index in [-0.39, 0.29) is 5.60 Å². The normalized spacial score (nSPS) is 14.4. The lowest BCUT2D eigenvalue weighted by Gasteiger charge is -2.24. The van der Waals surface area contributed by atoms with Crippen LogP contribution in [0.3, 0.4) is 0 Å². The zero-order valence-electron chi connectivity index (χ0n) is 12.1. The fraction of sp³-hybridized carbons (Fsp3) is 1.00. The first-order valence-electron chi connectivity index (χ1n) is 6.63. The van der Waals surface area contributed by atoms with E-state index in [0.717, 1.165) is 31.3 Å². The van der Waals surface area contributed by atoms with E-state index in [1.165, 1.54) is 12.8 Å². The van der Waals surface area contributed by atoms with Crippen LogP contribution < -0.4 is 5.32 Å². The van der Waals surface area contributed by atoms with Crippen LogP contribution in [0, 0.1) is 11.8 Å². The van der Waals surface area contributed by atoms with Gasteiger partial charge in [0.05, 0.1) is 5.60 Å². The summed E-state index contributed by atoms with van der Waals surface area (Å²) in [7, 11) is 1.80. The second kappa shape index (κ2) is 8.08. The molecule has 0 saturated carbocycles. The Morgan fingerprint density at radius 3 is 2.25 bits per heavy atom. The largest absolute Gasteiger partial charge is 0.379 e. The summed E-state index contributed by atoms with van der Waals surface area (Å²) in [6, 6.07) is 0. The standard InChI is InChI=1S/C14H31NO/c1-12(2)11-15-10-8-13(3)7-9-14(4,5)16-6/h12-13,15H,7-11H2,1-6H3. The number of rotatable bonds is 9. The summed E-state index contributed by atoms with van der Waals surface area (Å²) in [6.07, 6.45) is 3.67. The average Bonchev–Trinajstić information content (AvgIpc) is 2.21. The lowest BCUT2D eigenvalue weighted by Crippen LogP contribution is -2.25. The molecule has 1 atom stereocenters. The Labute approximate surface area is 102 Å². The molecule has 0 aromatic rings. The fourth-order valence-corrected chi connectivity index (χ4v) is 1.58. The molecule has 0 radical (unpaired) electrons. The van der Waals surface area contributed by atoms with Gasteiger partial charge in [-0.15, -0.1) is 0 Å². The lowest BCUT2D eigenvalue weighted by atomic mass is 9.94. The first-order valence-corrected chi connectivity index (χ1v) is 6.63. The summed E-state index contributed by atoms with van der Waals surface area (Å²) in [5.74, 6) is 1.54. The summed E-state index contributed by atoms with van der Waals surface area (Å²) in [6.45, 7) is 13.4. The molecule has 0 rings (SSSR count). The van der Waals surface area contributed by atoms with Crippen molar-refractivity contribution < 1.29 is 4.74 Å². The minimum atomic E-state index is 0.0413. The van der Waals surface area contributed by atoms with Gasteiger partial charge in [-0.05, 0) is 58.0 Å². The molecule has 98 valence electrons. The molecule has 0 aromatic heterocycles. The van der Waals surface area contributed by atoms with Crippen molar-refractivity contribution in [2.75, 3.05) is 20.2 Å². The van der Waals surface area contributed by atoms with Crippen molar-refractivity contribution in [1.82, 2.24) is 5.32 Å². The minimum absolute atomic E-state index is 0.0413. The first kappa shape index (κ1) is 15.9. The highest BCUT2D eigenvalue weighted by Crippen LogP contribution is 2.20. The lowest BCUT2D eigenvalue weighted by molar-refractivity contribution is 0.0106. The maximum atomic E-state index is 5.43. The summed E-state index contributed by atoms with van der Waals surface area (Å²) >= 11 is 0. The third-order valence-corrected chi connectivity index (χ3v) is 3.16. The molecule has 2 heteroatoms. The number of nitrogens with one attached hydrogen (secondary N) is 1. The number of hydrogen-bond donors (Lipinski definition) is 1. The van der Waals surface area contributed by atoms with Gasteiger partial charge in [-0.3, -0.25) is 0 Å². The first-order chi connectivity index (χ1) is 7.37. The van der Waals surface area contributed by atoms with E-state index < -0.39 is 0 Å². The average molecular weight is 229 g/mol. The topological polar surface area (TPSA) is 21.3 Å². The van der Waals surface area contributed by atoms with Gasteiger partial charge >= 0.3 is 0 Å². The molecule has 16 heavy (non-hydrogen) atoms. The molecule has 0 spiro atoms. The predicted molar refractivity (Wildman–Crippen MR) is 71.8 cm³/mol. The molecule has 1 unspecified atom stereocenters. The van der Waals surface area contributed by atoms with Crippen LogP contribution in [0.25, 0.3) is 0 Å². The van der Waals surface area contributed by atoms with Gasteiger partial charge in [0, 0.05) is 7.11 Å². The number of ether oxygens (including phenoxy) is 1. The van der Waals surface area contributed by atoms with Gasteiger partial charge < -0.3 is 10.1 Å². The Morgan fingerprint density at radius 2 is 1.75 bits per heavy atom. The molecule has 0 fully saturated rings. The quantitative estimate of drug-likeness (QED) is 0.611. The van der Waals surface area contributed by atoms with Crippen LogP contribution in [0.15, 0.2) is 0 Å². The monoisotopic (exact) mass is 229 g/mol. The maximum Gasteiger partial charge on any atom is 0.0622 e. The van der Waals surface area contributed by atoms with Gasteiger partial charge in [-0.1, -0.05) is 20.8 Å². The Balaban J connectivity index is 3.48. The Kier molecular flexibility index (Phi) is 8.04. The zero-order chi connectivity index (χ0) is 12.6. The number of methoxy groups -OCH3 is 1. The van der Waals surface area contributed by atoms with Crippen molar-refractivity contribution in [2.24, 2.45) is 11.8 Å². The third-order valence-electron chi connectivity index (χ3n) is 3.16. The van der Waals surface area contributed by atoms with Crippen LogP contribution in [-0.4, -0.2) is 25.8 Å². The molecule has 0 saturated heterocycles. The van der Waals surface area contributed by atoms with Crippen LogP contribution in [0.5, 0.6) is 0 Å². The highest BCUT2D eigenvalue weighted by atomic mass is 16.5. The molecule has 1 N–H and O–H groups in total. The van der Waals surface area contributed by atoms with Crippen LogP contribution in [0.1, 0.15) is 53.9 Å². The van der Waals surface area contributed by atoms with Crippen molar-refractivity contribution in [3.63, 3.8) is 0 Å².